The minimum Gasteiger partial charge on any atom is -0.339 e. The highest BCUT2D eigenvalue weighted by Crippen LogP contribution is 2.20. The van der Waals surface area contributed by atoms with E-state index in [4.69, 9.17) is 4.52 Å². The third-order valence-corrected chi connectivity index (χ3v) is 5.53. The van der Waals surface area contributed by atoms with Gasteiger partial charge in [0.1, 0.15) is 0 Å². The summed E-state index contributed by atoms with van der Waals surface area (Å²) in [4.78, 5) is 16.7. The molecule has 0 spiro atoms. The van der Waals surface area contributed by atoms with Gasteiger partial charge in [0.15, 0.2) is 0 Å². The van der Waals surface area contributed by atoms with Gasteiger partial charge >= 0.3 is 0 Å². The van der Waals surface area contributed by atoms with Crippen LogP contribution in [0.2, 0.25) is 0 Å². The van der Waals surface area contributed by atoms with Crippen LogP contribution in [0.3, 0.4) is 0 Å². The molecule has 1 atom stereocenters. The zero-order valence-corrected chi connectivity index (χ0v) is 16.4. The molecule has 28 heavy (non-hydrogen) atoms. The number of rotatable bonds is 6. The maximum absolute atomic E-state index is 12.4. The van der Waals surface area contributed by atoms with Crippen LogP contribution in [0.1, 0.15) is 18.4 Å². The molecule has 2 N–H and O–H groups in total. The molecule has 0 aliphatic carbocycles. The number of aromatic nitrogens is 2. The van der Waals surface area contributed by atoms with Crippen LogP contribution in [0.5, 0.6) is 0 Å². The highest BCUT2D eigenvalue weighted by atomic mass is 32.2. The summed E-state index contributed by atoms with van der Waals surface area (Å²) >= 11 is 0. The molecule has 3 aromatic rings. The van der Waals surface area contributed by atoms with E-state index in [0.29, 0.717) is 23.0 Å². The van der Waals surface area contributed by atoms with Gasteiger partial charge in [0, 0.05) is 18.2 Å². The number of aryl methyl sites for hydroxylation is 2. The summed E-state index contributed by atoms with van der Waals surface area (Å²) in [5.74, 6) is 0.349. The molecular formula is C19H20N4O4S. The first-order valence-electron chi connectivity index (χ1n) is 8.55. The molecule has 0 unspecified atom stereocenters. The molecule has 0 aliphatic rings. The third-order valence-electron chi connectivity index (χ3n) is 3.97. The minimum atomic E-state index is -3.81. The summed E-state index contributed by atoms with van der Waals surface area (Å²) in [6, 6.07) is 12.3. The number of hydrogen-bond donors (Lipinski definition) is 2. The highest BCUT2D eigenvalue weighted by molar-refractivity contribution is 7.89. The number of hydrogen-bond acceptors (Lipinski definition) is 6. The second kappa shape index (κ2) is 7.91. The second-order valence-electron chi connectivity index (χ2n) is 6.36. The lowest BCUT2D eigenvalue weighted by molar-refractivity contribution is -0.117. The van der Waals surface area contributed by atoms with Crippen molar-refractivity contribution in [1.29, 1.82) is 0 Å². The molecule has 8 nitrogen and oxygen atoms in total. The molecule has 146 valence electrons. The van der Waals surface area contributed by atoms with Gasteiger partial charge in [-0.3, -0.25) is 4.79 Å². The number of benzene rings is 2. The van der Waals surface area contributed by atoms with E-state index >= 15 is 0 Å². The van der Waals surface area contributed by atoms with Crippen molar-refractivity contribution < 1.29 is 17.7 Å². The van der Waals surface area contributed by atoms with E-state index in [9.17, 15) is 13.2 Å². The van der Waals surface area contributed by atoms with Gasteiger partial charge in [0.2, 0.25) is 27.6 Å². The van der Waals surface area contributed by atoms with Crippen molar-refractivity contribution in [1.82, 2.24) is 14.9 Å². The minimum absolute atomic E-state index is 0.104. The number of nitrogens with zero attached hydrogens (tertiary/aromatic N) is 2. The molecule has 0 radical (unpaired) electrons. The van der Waals surface area contributed by atoms with Gasteiger partial charge < -0.3 is 9.84 Å². The predicted molar refractivity (Wildman–Crippen MR) is 104 cm³/mol. The van der Waals surface area contributed by atoms with Crippen LogP contribution in [0.15, 0.2) is 57.9 Å². The molecule has 0 saturated carbocycles. The van der Waals surface area contributed by atoms with Crippen molar-refractivity contribution >= 4 is 21.6 Å². The Morgan fingerprint density at radius 1 is 1.11 bits per heavy atom. The monoisotopic (exact) mass is 400 g/mol. The Hall–Kier alpha value is -3.04. The molecule has 0 fully saturated rings. The fourth-order valence-corrected chi connectivity index (χ4v) is 3.68. The highest BCUT2D eigenvalue weighted by Gasteiger charge is 2.22. The largest absolute Gasteiger partial charge is 0.339 e. The Balaban J connectivity index is 1.70. The van der Waals surface area contributed by atoms with Gasteiger partial charge in [-0.15, -0.1) is 0 Å². The van der Waals surface area contributed by atoms with Crippen LogP contribution < -0.4 is 10.0 Å². The Morgan fingerprint density at radius 2 is 1.82 bits per heavy atom. The van der Waals surface area contributed by atoms with Gasteiger partial charge in [-0.1, -0.05) is 35.0 Å². The lowest BCUT2D eigenvalue weighted by atomic mass is 10.2. The number of carbonyl (C=O) groups is 1. The fourth-order valence-electron chi connectivity index (χ4n) is 2.47. The van der Waals surface area contributed by atoms with Crippen molar-refractivity contribution in [3.63, 3.8) is 0 Å². The third kappa shape index (κ3) is 4.62. The number of carbonyl (C=O) groups excluding carboxylic acids is 1. The Labute approximate surface area is 163 Å². The van der Waals surface area contributed by atoms with E-state index in [1.54, 1.807) is 43.3 Å². The first-order chi connectivity index (χ1) is 13.2. The average Bonchev–Trinajstić information content (AvgIpc) is 3.08. The normalized spacial score (nSPS) is 12.5. The molecule has 1 amide bonds. The maximum Gasteiger partial charge on any atom is 0.242 e. The van der Waals surface area contributed by atoms with Gasteiger partial charge in [-0.2, -0.15) is 9.71 Å². The van der Waals surface area contributed by atoms with Gasteiger partial charge in [0.25, 0.3) is 0 Å². The molecule has 0 saturated heterocycles. The zero-order chi connectivity index (χ0) is 20.3. The molecule has 3 rings (SSSR count). The molecule has 0 bridgehead atoms. The maximum atomic E-state index is 12.4. The lowest BCUT2D eigenvalue weighted by Gasteiger charge is -2.15. The van der Waals surface area contributed by atoms with E-state index in [0.717, 1.165) is 5.56 Å². The van der Waals surface area contributed by atoms with Crippen molar-refractivity contribution in [2.75, 3.05) is 5.32 Å². The average molecular weight is 400 g/mol. The summed E-state index contributed by atoms with van der Waals surface area (Å²) < 4.78 is 32.2. The Morgan fingerprint density at radius 3 is 2.46 bits per heavy atom. The summed E-state index contributed by atoms with van der Waals surface area (Å²) in [7, 11) is -3.81. The Bertz CT molecular complexity index is 1090. The molecule has 1 heterocycles. The van der Waals surface area contributed by atoms with Crippen LogP contribution in [-0.4, -0.2) is 30.5 Å². The predicted octanol–water partition coefficient (Wildman–Crippen LogP) is 2.66. The molecule has 1 aromatic heterocycles. The standard InChI is InChI=1S/C19H20N4O4S/c1-12-7-9-17(10-8-12)28(25,26)23-13(2)19(24)21-16-6-4-5-15(11-16)18-20-14(3)27-22-18/h4-11,13,23H,1-3H3,(H,21,24)/t13-/m0/s1. The summed E-state index contributed by atoms with van der Waals surface area (Å²) in [6.07, 6.45) is 0. The van der Waals surface area contributed by atoms with Gasteiger partial charge in [-0.05, 0) is 38.1 Å². The van der Waals surface area contributed by atoms with Gasteiger partial charge in [-0.25, -0.2) is 8.42 Å². The molecular weight excluding hydrogens is 380 g/mol. The fraction of sp³-hybridized carbons (Fsp3) is 0.211. The molecule has 2 aromatic carbocycles. The number of sulfonamides is 1. The Kier molecular flexibility index (Phi) is 5.57. The first kappa shape index (κ1) is 19.7. The smallest absolute Gasteiger partial charge is 0.242 e. The first-order valence-corrected chi connectivity index (χ1v) is 10.0. The van der Waals surface area contributed by atoms with Crippen LogP contribution in [0, 0.1) is 13.8 Å². The molecule has 9 heteroatoms. The number of anilines is 1. The van der Waals surface area contributed by atoms with Crippen LogP contribution in [0.4, 0.5) is 5.69 Å². The zero-order valence-electron chi connectivity index (χ0n) is 15.6. The van der Waals surface area contributed by atoms with Crippen molar-refractivity contribution in [2.24, 2.45) is 0 Å². The number of nitrogens with one attached hydrogen (secondary N) is 2. The topological polar surface area (TPSA) is 114 Å². The SMILES string of the molecule is Cc1ccc(S(=O)(=O)N[C@@H](C)C(=O)Nc2cccc(-c3noc(C)n3)c2)cc1. The summed E-state index contributed by atoms with van der Waals surface area (Å²) in [5.41, 5.74) is 2.11. The van der Waals surface area contributed by atoms with Crippen LogP contribution >= 0.6 is 0 Å². The summed E-state index contributed by atoms with van der Waals surface area (Å²) in [6.45, 7) is 5.03. The lowest BCUT2D eigenvalue weighted by Crippen LogP contribution is -2.41. The van der Waals surface area contributed by atoms with Crippen molar-refractivity contribution in [3.8, 4) is 11.4 Å². The van der Waals surface area contributed by atoms with E-state index in [1.807, 2.05) is 6.92 Å². The molecule has 0 aliphatic heterocycles. The van der Waals surface area contributed by atoms with Crippen LogP contribution in [-0.2, 0) is 14.8 Å². The van der Waals surface area contributed by atoms with E-state index in [-0.39, 0.29) is 4.90 Å². The van der Waals surface area contributed by atoms with E-state index < -0.39 is 22.0 Å². The number of amides is 1. The van der Waals surface area contributed by atoms with Gasteiger partial charge in [0.05, 0.1) is 10.9 Å². The summed E-state index contributed by atoms with van der Waals surface area (Å²) in [5, 5.41) is 6.53. The van der Waals surface area contributed by atoms with Crippen molar-refractivity contribution in [3.05, 3.63) is 60.0 Å². The quantitative estimate of drug-likeness (QED) is 0.657. The second-order valence-corrected chi connectivity index (χ2v) is 8.08. The van der Waals surface area contributed by atoms with E-state index in [2.05, 4.69) is 20.2 Å². The van der Waals surface area contributed by atoms with Crippen molar-refractivity contribution in [2.45, 2.75) is 31.7 Å². The van der Waals surface area contributed by atoms with E-state index in [1.165, 1.54) is 19.1 Å². The van der Waals surface area contributed by atoms with Crippen LogP contribution in [0.25, 0.3) is 11.4 Å².